The largest absolute Gasteiger partial charge is 0.479 e. The molecule has 4 rings (SSSR count). The van der Waals surface area contributed by atoms with Crippen LogP contribution in [-0.2, 0) is 9.59 Å². The van der Waals surface area contributed by atoms with Gasteiger partial charge < -0.3 is 30.6 Å². The lowest BCUT2D eigenvalue weighted by Crippen LogP contribution is -2.57. The number of hydrogen-bond donors (Lipinski definition) is 5. The second-order valence-electron chi connectivity index (χ2n) is 6.79. The molecule has 1 aromatic carbocycles. The van der Waals surface area contributed by atoms with Gasteiger partial charge in [0.15, 0.2) is 12.2 Å². The SMILES string of the molecule is O=C(NC1CN2CCC1CC2)c1cccc(Cl)c1.O=C(O)C(O)C(O)C(=O)O. The summed E-state index contributed by atoms with van der Waals surface area (Å²) in [6.07, 6.45) is -2.11. The lowest BCUT2D eigenvalue weighted by molar-refractivity contribution is -0.165. The van der Waals surface area contributed by atoms with Crippen LogP contribution in [0.1, 0.15) is 23.2 Å². The summed E-state index contributed by atoms with van der Waals surface area (Å²) in [6, 6.07) is 7.43. The topological polar surface area (TPSA) is 147 Å². The summed E-state index contributed by atoms with van der Waals surface area (Å²) in [7, 11) is 0. The molecule has 0 aliphatic carbocycles. The number of piperidine rings is 3. The van der Waals surface area contributed by atoms with E-state index < -0.39 is 24.1 Å². The molecule has 0 aromatic heterocycles. The van der Waals surface area contributed by atoms with Gasteiger partial charge in [-0.1, -0.05) is 17.7 Å². The van der Waals surface area contributed by atoms with Crippen LogP contribution in [-0.4, -0.2) is 81.1 Å². The molecule has 0 spiro atoms. The zero-order valence-corrected chi connectivity index (χ0v) is 15.7. The van der Waals surface area contributed by atoms with Gasteiger partial charge in [0.25, 0.3) is 5.91 Å². The number of carbonyl (C=O) groups is 3. The zero-order valence-electron chi connectivity index (χ0n) is 15.0. The smallest absolute Gasteiger partial charge is 0.335 e. The minimum absolute atomic E-state index is 0.00347. The van der Waals surface area contributed by atoms with Crippen LogP contribution in [0.15, 0.2) is 24.3 Å². The lowest BCUT2D eigenvalue weighted by atomic mass is 9.84. The Morgan fingerprint density at radius 3 is 2.07 bits per heavy atom. The Balaban J connectivity index is 0.000000242. The van der Waals surface area contributed by atoms with E-state index in [2.05, 4.69) is 10.2 Å². The molecule has 154 valence electrons. The maximum Gasteiger partial charge on any atom is 0.335 e. The Labute approximate surface area is 166 Å². The number of carboxylic acid groups (broad SMARTS) is 2. The first-order valence-electron chi connectivity index (χ1n) is 8.79. The van der Waals surface area contributed by atoms with E-state index in [0.717, 1.165) is 6.54 Å². The molecule has 0 radical (unpaired) electrons. The average molecular weight is 415 g/mol. The molecular formula is C18H23ClN2O7. The zero-order chi connectivity index (χ0) is 20.8. The number of fused-ring (bicyclic) bond motifs is 3. The highest BCUT2D eigenvalue weighted by molar-refractivity contribution is 6.30. The molecule has 1 amide bonds. The van der Waals surface area contributed by atoms with E-state index in [-0.39, 0.29) is 5.91 Å². The highest BCUT2D eigenvalue weighted by atomic mass is 35.5. The Hall–Kier alpha value is -2.20. The molecule has 1 aromatic rings. The number of aliphatic carboxylic acids is 2. The minimum atomic E-state index is -2.27. The Bertz CT molecular complexity index is 704. The van der Waals surface area contributed by atoms with Crippen LogP contribution in [0.4, 0.5) is 0 Å². The van der Waals surface area contributed by atoms with Crippen molar-refractivity contribution in [3.63, 3.8) is 0 Å². The van der Waals surface area contributed by atoms with Crippen LogP contribution in [0.2, 0.25) is 5.02 Å². The number of amides is 1. The van der Waals surface area contributed by atoms with Gasteiger partial charge >= 0.3 is 11.9 Å². The van der Waals surface area contributed by atoms with Gasteiger partial charge in [-0.2, -0.15) is 0 Å². The van der Waals surface area contributed by atoms with Gasteiger partial charge in [0, 0.05) is 23.2 Å². The number of aliphatic hydroxyl groups is 2. The van der Waals surface area contributed by atoms with Crippen molar-refractivity contribution in [3.05, 3.63) is 34.9 Å². The van der Waals surface area contributed by atoms with Crippen molar-refractivity contribution in [2.24, 2.45) is 5.92 Å². The summed E-state index contributed by atoms with van der Waals surface area (Å²) in [5.74, 6) is -2.89. The maximum atomic E-state index is 12.2. The number of carbonyl (C=O) groups excluding carboxylic acids is 1. The van der Waals surface area contributed by atoms with Gasteiger partial charge in [-0.3, -0.25) is 4.79 Å². The summed E-state index contributed by atoms with van der Waals surface area (Å²) in [6.45, 7) is 3.37. The van der Waals surface area contributed by atoms with E-state index in [1.54, 1.807) is 12.1 Å². The van der Waals surface area contributed by atoms with Gasteiger partial charge in [-0.05, 0) is 50.0 Å². The summed E-state index contributed by atoms with van der Waals surface area (Å²) in [4.78, 5) is 34.1. The number of hydrogen-bond acceptors (Lipinski definition) is 6. The number of carboxylic acids is 2. The number of aliphatic hydroxyl groups excluding tert-OH is 2. The minimum Gasteiger partial charge on any atom is -0.479 e. The van der Waals surface area contributed by atoms with Crippen LogP contribution in [0, 0.1) is 5.92 Å². The maximum absolute atomic E-state index is 12.2. The number of nitrogens with one attached hydrogen (secondary N) is 1. The van der Waals surface area contributed by atoms with Crippen molar-refractivity contribution >= 4 is 29.4 Å². The standard InChI is InChI=1S/C14H17ClN2O.C4H6O6/c15-12-3-1-2-11(8-12)14(18)16-13-9-17-6-4-10(13)5-7-17;5-1(3(7)8)2(6)4(9)10/h1-3,8,10,13H,4-7,9H2,(H,16,18);1-2,5-6H,(H,7,8)(H,9,10). The number of benzene rings is 1. The fraction of sp³-hybridized carbons (Fsp3) is 0.500. The molecule has 3 aliphatic heterocycles. The highest BCUT2D eigenvalue weighted by Gasteiger charge is 2.35. The first-order chi connectivity index (χ1) is 13.2. The number of nitrogens with zero attached hydrogens (tertiary/aromatic N) is 1. The van der Waals surface area contributed by atoms with Crippen LogP contribution >= 0.6 is 11.6 Å². The van der Waals surface area contributed by atoms with E-state index in [4.69, 9.17) is 32.0 Å². The molecule has 3 unspecified atom stereocenters. The second kappa shape index (κ2) is 9.83. The molecule has 3 fully saturated rings. The van der Waals surface area contributed by atoms with Gasteiger partial charge in [-0.25, -0.2) is 9.59 Å². The molecule has 5 N–H and O–H groups in total. The molecule has 3 saturated heterocycles. The third-order valence-corrected chi connectivity index (χ3v) is 5.10. The van der Waals surface area contributed by atoms with E-state index in [1.807, 2.05) is 12.1 Å². The van der Waals surface area contributed by atoms with Crippen molar-refractivity contribution in [2.45, 2.75) is 31.1 Å². The van der Waals surface area contributed by atoms with Crippen LogP contribution in [0.5, 0.6) is 0 Å². The molecule has 3 heterocycles. The molecule has 3 aliphatic rings. The van der Waals surface area contributed by atoms with E-state index in [1.165, 1.54) is 25.9 Å². The molecule has 10 heteroatoms. The lowest BCUT2D eigenvalue weighted by Gasteiger charge is -2.44. The molecule has 28 heavy (non-hydrogen) atoms. The first kappa shape index (κ1) is 22.1. The van der Waals surface area contributed by atoms with Crippen molar-refractivity contribution in [1.82, 2.24) is 10.2 Å². The monoisotopic (exact) mass is 414 g/mol. The Morgan fingerprint density at radius 1 is 1.07 bits per heavy atom. The predicted octanol–water partition coefficient (Wildman–Crippen LogP) is 0.0414. The Morgan fingerprint density at radius 2 is 1.64 bits per heavy atom. The van der Waals surface area contributed by atoms with Gasteiger partial charge in [0.05, 0.1) is 0 Å². The highest BCUT2D eigenvalue weighted by Crippen LogP contribution is 2.27. The second-order valence-corrected chi connectivity index (χ2v) is 7.23. The molecule has 2 bridgehead atoms. The summed E-state index contributed by atoms with van der Waals surface area (Å²) < 4.78 is 0. The molecule has 0 saturated carbocycles. The van der Waals surface area contributed by atoms with Crippen molar-refractivity contribution < 1.29 is 34.8 Å². The number of halogens is 1. The van der Waals surface area contributed by atoms with Crippen LogP contribution < -0.4 is 5.32 Å². The van der Waals surface area contributed by atoms with Crippen LogP contribution in [0.25, 0.3) is 0 Å². The summed E-state index contributed by atoms with van der Waals surface area (Å²) in [5.41, 5.74) is 0.652. The average Bonchev–Trinajstić information content (AvgIpc) is 2.68. The van der Waals surface area contributed by atoms with Gasteiger partial charge in [0.2, 0.25) is 0 Å². The molecular weight excluding hydrogens is 392 g/mol. The van der Waals surface area contributed by atoms with Crippen molar-refractivity contribution in [2.75, 3.05) is 19.6 Å². The fourth-order valence-electron chi connectivity index (χ4n) is 3.28. The summed E-state index contributed by atoms with van der Waals surface area (Å²) in [5, 5.41) is 36.3. The van der Waals surface area contributed by atoms with Gasteiger partial charge in [-0.15, -0.1) is 0 Å². The van der Waals surface area contributed by atoms with E-state index in [9.17, 15) is 14.4 Å². The summed E-state index contributed by atoms with van der Waals surface area (Å²) >= 11 is 5.91. The van der Waals surface area contributed by atoms with Crippen molar-refractivity contribution in [3.8, 4) is 0 Å². The van der Waals surface area contributed by atoms with Crippen LogP contribution in [0.3, 0.4) is 0 Å². The van der Waals surface area contributed by atoms with Crippen molar-refractivity contribution in [1.29, 1.82) is 0 Å². The van der Waals surface area contributed by atoms with E-state index in [0.29, 0.717) is 22.5 Å². The third kappa shape index (κ3) is 5.90. The first-order valence-corrected chi connectivity index (χ1v) is 9.17. The Kier molecular flexibility index (Phi) is 7.76. The van der Waals surface area contributed by atoms with E-state index >= 15 is 0 Å². The normalized spacial score (nSPS) is 25.0. The molecule has 3 atom stereocenters. The molecule has 9 nitrogen and oxygen atoms in total. The fourth-order valence-corrected chi connectivity index (χ4v) is 3.47. The quantitative estimate of drug-likeness (QED) is 0.453. The third-order valence-electron chi connectivity index (χ3n) is 4.86. The predicted molar refractivity (Wildman–Crippen MR) is 99.2 cm³/mol. The number of rotatable bonds is 5. The van der Waals surface area contributed by atoms with Gasteiger partial charge in [0.1, 0.15) is 0 Å².